The highest BCUT2D eigenvalue weighted by Gasteiger charge is 2.39. The Kier molecular flexibility index (Phi) is 8.30. The number of nitrogens with zero attached hydrogens (tertiary/aromatic N) is 2. The fourth-order valence-electron chi connectivity index (χ4n) is 3.83. The average molecular weight is 432 g/mol. The first-order valence-corrected chi connectivity index (χ1v) is 10.3. The normalized spacial score (nSPS) is 24.0. The van der Waals surface area contributed by atoms with Gasteiger partial charge in [0, 0.05) is 38.3 Å². The molecule has 2 saturated heterocycles. The standard InChI is InChI=1S/C22H28N2O7/c1-16-14-24(22(30-16)31-21(28)18(15-25)13-20(26)27)19(17-5-3-2-4-6-17)7-8-23-9-11-29-12-10-23/h2-6,13,15-16,19,22H,7-12,14H2,1H3,(H,26,27)/b18-13+. The van der Waals surface area contributed by atoms with Gasteiger partial charge in [0.15, 0.2) is 6.29 Å². The van der Waals surface area contributed by atoms with Gasteiger partial charge in [-0.1, -0.05) is 30.3 Å². The van der Waals surface area contributed by atoms with Crippen molar-refractivity contribution in [1.29, 1.82) is 0 Å². The maximum atomic E-state index is 12.4. The highest BCUT2D eigenvalue weighted by atomic mass is 16.7. The van der Waals surface area contributed by atoms with Crippen molar-refractivity contribution in [2.45, 2.75) is 31.9 Å². The summed E-state index contributed by atoms with van der Waals surface area (Å²) in [5.41, 5.74) is 0.492. The van der Waals surface area contributed by atoms with Crippen LogP contribution in [0.1, 0.15) is 24.9 Å². The Morgan fingerprint density at radius 1 is 1.26 bits per heavy atom. The first-order chi connectivity index (χ1) is 15.0. The van der Waals surface area contributed by atoms with Gasteiger partial charge in [-0.25, -0.2) is 14.5 Å². The fraction of sp³-hybridized carbons (Fsp3) is 0.500. The summed E-state index contributed by atoms with van der Waals surface area (Å²) in [6, 6.07) is 9.81. The summed E-state index contributed by atoms with van der Waals surface area (Å²) in [4.78, 5) is 38.6. The van der Waals surface area contributed by atoms with Crippen molar-refractivity contribution < 1.29 is 33.7 Å². The molecule has 2 aliphatic rings. The predicted octanol–water partition coefficient (Wildman–Crippen LogP) is 1.21. The third-order valence-corrected chi connectivity index (χ3v) is 5.34. The minimum atomic E-state index is -1.40. The van der Waals surface area contributed by atoms with Crippen LogP contribution in [0.15, 0.2) is 42.0 Å². The molecule has 0 amide bonds. The van der Waals surface area contributed by atoms with Crippen LogP contribution in [0, 0.1) is 0 Å². The fourth-order valence-corrected chi connectivity index (χ4v) is 3.83. The quantitative estimate of drug-likeness (QED) is 0.203. The first-order valence-electron chi connectivity index (χ1n) is 10.3. The lowest BCUT2D eigenvalue weighted by molar-refractivity contribution is -0.200. The average Bonchev–Trinajstić information content (AvgIpc) is 3.13. The molecule has 168 valence electrons. The molecule has 0 aromatic heterocycles. The van der Waals surface area contributed by atoms with Gasteiger partial charge in [0.1, 0.15) is 5.57 Å². The molecule has 9 heteroatoms. The van der Waals surface area contributed by atoms with Crippen molar-refractivity contribution in [2.75, 3.05) is 39.4 Å². The topological polar surface area (TPSA) is 106 Å². The number of aldehydes is 1. The largest absolute Gasteiger partial charge is 0.478 e. The number of carboxylic acids is 1. The molecular formula is C22H28N2O7. The molecule has 9 nitrogen and oxygen atoms in total. The van der Waals surface area contributed by atoms with Crippen molar-refractivity contribution in [3.8, 4) is 0 Å². The molecule has 0 aliphatic carbocycles. The van der Waals surface area contributed by atoms with Gasteiger partial charge in [0.05, 0.1) is 19.3 Å². The van der Waals surface area contributed by atoms with E-state index in [2.05, 4.69) is 4.90 Å². The van der Waals surface area contributed by atoms with Crippen LogP contribution in [-0.4, -0.2) is 85.0 Å². The number of benzene rings is 1. The number of esters is 1. The zero-order valence-electron chi connectivity index (χ0n) is 17.5. The molecule has 0 radical (unpaired) electrons. The molecule has 31 heavy (non-hydrogen) atoms. The van der Waals surface area contributed by atoms with Crippen LogP contribution in [0.2, 0.25) is 0 Å². The molecule has 1 N–H and O–H groups in total. The van der Waals surface area contributed by atoms with Crippen LogP contribution in [0.4, 0.5) is 0 Å². The number of ether oxygens (including phenoxy) is 3. The Labute approximate surface area is 181 Å². The summed E-state index contributed by atoms with van der Waals surface area (Å²) in [5.74, 6) is -2.43. The predicted molar refractivity (Wildman–Crippen MR) is 110 cm³/mol. The minimum absolute atomic E-state index is 0.0880. The van der Waals surface area contributed by atoms with Crippen LogP contribution in [-0.2, 0) is 28.6 Å². The van der Waals surface area contributed by atoms with Gasteiger partial charge in [-0.2, -0.15) is 0 Å². The monoisotopic (exact) mass is 432 g/mol. The highest BCUT2D eigenvalue weighted by molar-refractivity contribution is 6.11. The smallest absolute Gasteiger partial charge is 0.345 e. The highest BCUT2D eigenvalue weighted by Crippen LogP contribution is 2.32. The van der Waals surface area contributed by atoms with Gasteiger partial charge >= 0.3 is 11.9 Å². The van der Waals surface area contributed by atoms with E-state index in [9.17, 15) is 14.4 Å². The second-order valence-electron chi connectivity index (χ2n) is 7.58. The molecule has 0 bridgehead atoms. The summed E-state index contributed by atoms with van der Waals surface area (Å²) < 4.78 is 16.6. The number of morpholine rings is 1. The Hall–Kier alpha value is -2.59. The lowest BCUT2D eigenvalue weighted by Gasteiger charge is -2.34. The Morgan fingerprint density at radius 3 is 2.61 bits per heavy atom. The molecule has 2 heterocycles. The van der Waals surface area contributed by atoms with Gasteiger partial charge in [0.2, 0.25) is 0 Å². The summed E-state index contributed by atoms with van der Waals surface area (Å²) in [6.07, 6.45) is 0.266. The number of hydrogen-bond acceptors (Lipinski definition) is 8. The van der Waals surface area contributed by atoms with E-state index in [1.165, 1.54) is 0 Å². The van der Waals surface area contributed by atoms with Gasteiger partial charge < -0.3 is 19.3 Å². The minimum Gasteiger partial charge on any atom is -0.478 e. The Morgan fingerprint density at radius 2 is 1.97 bits per heavy atom. The van der Waals surface area contributed by atoms with Crippen molar-refractivity contribution in [1.82, 2.24) is 9.80 Å². The van der Waals surface area contributed by atoms with Crippen LogP contribution in [0.3, 0.4) is 0 Å². The number of carboxylic acid groups (broad SMARTS) is 1. The number of carbonyl (C=O) groups is 3. The van der Waals surface area contributed by atoms with Gasteiger partial charge in [0.25, 0.3) is 6.41 Å². The van der Waals surface area contributed by atoms with Crippen molar-refractivity contribution >= 4 is 18.2 Å². The summed E-state index contributed by atoms with van der Waals surface area (Å²) in [6.45, 7) is 6.41. The van der Waals surface area contributed by atoms with Crippen LogP contribution >= 0.6 is 0 Å². The molecule has 3 rings (SSSR count). The maximum Gasteiger partial charge on any atom is 0.345 e. The molecular weight excluding hydrogens is 404 g/mol. The molecule has 3 atom stereocenters. The molecule has 1 aromatic rings. The van der Waals surface area contributed by atoms with Crippen LogP contribution < -0.4 is 0 Å². The zero-order chi connectivity index (χ0) is 22.2. The van der Waals surface area contributed by atoms with E-state index in [-0.39, 0.29) is 18.4 Å². The van der Waals surface area contributed by atoms with Crippen LogP contribution in [0.25, 0.3) is 0 Å². The van der Waals surface area contributed by atoms with Crippen LogP contribution in [0.5, 0.6) is 0 Å². The lowest BCUT2D eigenvalue weighted by Crippen LogP contribution is -2.41. The number of rotatable bonds is 9. The van der Waals surface area contributed by atoms with Gasteiger partial charge in [-0.3, -0.25) is 9.69 Å². The second-order valence-corrected chi connectivity index (χ2v) is 7.58. The molecule has 0 spiro atoms. The first kappa shape index (κ1) is 23.1. The number of aliphatic carboxylic acids is 1. The maximum absolute atomic E-state index is 12.4. The Bertz CT molecular complexity index is 792. The van der Waals surface area contributed by atoms with E-state index in [1.807, 2.05) is 42.2 Å². The van der Waals surface area contributed by atoms with E-state index >= 15 is 0 Å². The lowest BCUT2D eigenvalue weighted by atomic mass is 10.0. The molecule has 2 aliphatic heterocycles. The summed E-state index contributed by atoms with van der Waals surface area (Å²) in [7, 11) is 0. The molecule has 1 aromatic carbocycles. The third kappa shape index (κ3) is 6.44. The SMILES string of the molecule is CC1CN(C(CCN2CCOCC2)c2ccccc2)C(OC(=O)/C(C=O)=C/C(=O)O)O1. The number of hydrogen-bond donors (Lipinski definition) is 1. The van der Waals surface area contributed by atoms with E-state index in [1.54, 1.807) is 0 Å². The van der Waals surface area contributed by atoms with E-state index in [4.69, 9.17) is 19.3 Å². The van der Waals surface area contributed by atoms with E-state index < -0.39 is 23.9 Å². The van der Waals surface area contributed by atoms with E-state index in [0.717, 1.165) is 31.6 Å². The van der Waals surface area contributed by atoms with Gasteiger partial charge in [-0.15, -0.1) is 0 Å². The Balaban J connectivity index is 1.77. The molecule has 3 unspecified atom stereocenters. The van der Waals surface area contributed by atoms with Gasteiger partial charge in [-0.05, 0) is 18.9 Å². The molecule has 2 fully saturated rings. The second kappa shape index (κ2) is 11.1. The summed E-state index contributed by atoms with van der Waals surface area (Å²) >= 11 is 0. The summed E-state index contributed by atoms with van der Waals surface area (Å²) in [5, 5.41) is 8.85. The van der Waals surface area contributed by atoms with Crippen molar-refractivity contribution in [3.05, 3.63) is 47.5 Å². The van der Waals surface area contributed by atoms with Crippen molar-refractivity contribution in [2.24, 2.45) is 0 Å². The zero-order valence-corrected chi connectivity index (χ0v) is 17.5. The van der Waals surface area contributed by atoms with E-state index in [0.29, 0.717) is 25.8 Å². The third-order valence-electron chi connectivity index (χ3n) is 5.34. The molecule has 0 saturated carbocycles. The number of carbonyl (C=O) groups excluding carboxylic acids is 2. The van der Waals surface area contributed by atoms with Crippen molar-refractivity contribution in [3.63, 3.8) is 0 Å².